The van der Waals surface area contributed by atoms with E-state index in [-0.39, 0.29) is 11.4 Å². The number of rotatable bonds is 11. The normalized spacial score (nSPS) is 14.2. The highest BCUT2D eigenvalue weighted by atomic mass is 32.2. The van der Waals surface area contributed by atoms with Crippen molar-refractivity contribution in [2.45, 2.75) is 24.9 Å². The van der Waals surface area contributed by atoms with Crippen molar-refractivity contribution in [3.63, 3.8) is 0 Å². The minimum Gasteiger partial charge on any atom is -0.492 e. The predicted octanol–water partition coefficient (Wildman–Crippen LogP) is 3.43. The van der Waals surface area contributed by atoms with Crippen molar-refractivity contribution in [3.8, 4) is 5.75 Å². The lowest BCUT2D eigenvalue weighted by atomic mass is 10.1. The maximum Gasteiger partial charge on any atom is 0.264 e. The molecular weight excluding hydrogens is 490 g/mol. The number of carbonyl (C=O) groups excluding carboxylic acids is 1. The van der Waals surface area contributed by atoms with Crippen molar-refractivity contribution in [3.05, 3.63) is 90.0 Å². The van der Waals surface area contributed by atoms with E-state index in [2.05, 4.69) is 22.3 Å². The van der Waals surface area contributed by atoms with Gasteiger partial charge in [-0.25, -0.2) is 8.42 Å². The van der Waals surface area contributed by atoms with Gasteiger partial charge < -0.3 is 14.8 Å². The van der Waals surface area contributed by atoms with E-state index in [0.29, 0.717) is 24.6 Å². The van der Waals surface area contributed by atoms with Gasteiger partial charge in [-0.1, -0.05) is 54.6 Å². The standard InChI is InChI=1S/C28H33N3O5S/c1-2-36-27-11-7-6-10-26(27)31(37(33,34)25-8-4-3-5-9-25)22-28(32)29-20-23-12-14-24(15-13-23)21-30-16-18-35-19-17-30/h3-15H,2,16-22H2,1H3,(H,29,32). The summed E-state index contributed by atoms with van der Waals surface area (Å²) < 4.78 is 39.3. The molecule has 0 spiro atoms. The van der Waals surface area contributed by atoms with Crippen LogP contribution in [0, 0.1) is 0 Å². The molecule has 0 atom stereocenters. The molecule has 8 nitrogen and oxygen atoms in total. The van der Waals surface area contributed by atoms with Gasteiger partial charge in [0.2, 0.25) is 5.91 Å². The summed E-state index contributed by atoms with van der Waals surface area (Å²) in [7, 11) is -4.01. The summed E-state index contributed by atoms with van der Waals surface area (Å²) in [5.74, 6) is -0.0173. The Hall–Kier alpha value is -3.40. The molecule has 3 aromatic rings. The smallest absolute Gasteiger partial charge is 0.264 e. The number of hydrogen-bond donors (Lipinski definition) is 1. The fourth-order valence-corrected chi connectivity index (χ4v) is 5.58. The summed E-state index contributed by atoms with van der Waals surface area (Å²) in [5, 5.41) is 2.86. The largest absolute Gasteiger partial charge is 0.492 e. The first kappa shape index (κ1) is 26.7. The summed E-state index contributed by atoms with van der Waals surface area (Å²) in [6, 6.07) is 23.0. The third kappa shape index (κ3) is 7.09. The second kappa shape index (κ2) is 12.7. The van der Waals surface area contributed by atoms with Gasteiger partial charge in [-0.15, -0.1) is 0 Å². The van der Waals surface area contributed by atoms with Crippen LogP contribution in [0.25, 0.3) is 0 Å². The SMILES string of the molecule is CCOc1ccccc1N(CC(=O)NCc1ccc(CN2CCOCC2)cc1)S(=O)(=O)c1ccccc1. The van der Waals surface area contributed by atoms with E-state index in [1.807, 2.05) is 19.1 Å². The van der Waals surface area contributed by atoms with Crippen molar-refractivity contribution in [2.24, 2.45) is 0 Å². The Morgan fingerprint density at radius 1 is 0.946 bits per heavy atom. The van der Waals surface area contributed by atoms with Crippen LogP contribution in [0.3, 0.4) is 0 Å². The zero-order valence-electron chi connectivity index (χ0n) is 21.0. The van der Waals surface area contributed by atoms with Gasteiger partial charge in [0, 0.05) is 26.2 Å². The lowest BCUT2D eigenvalue weighted by molar-refractivity contribution is -0.119. The van der Waals surface area contributed by atoms with Gasteiger partial charge in [0.15, 0.2) is 0 Å². The fraction of sp³-hybridized carbons (Fsp3) is 0.321. The molecule has 1 heterocycles. The molecule has 37 heavy (non-hydrogen) atoms. The van der Waals surface area contributed by atoms with Crippen molar-refractivity contribution < 1.29 is 22.7 Å². The maximum absolute atomic E-state index is 13.6. The number of carbonyl (C=O) groups is 1. The Kier molecular flexibility index (Phi) is 9.16. The van der Waals surface area contributed by atoms with Crippen LogP contribution in [0.5, 0.6) is 5.75 Å². The number of nitrogens with zero attached hydrogens (tertiary/aromatic N) is 2. The first-order valence-electron chi connectivity index (χ1n) is 12.4. The third-order valence-corrected chi connectivity index (χ3v) is 7.85. The summed E-state index contributed by atoms with van der Waals surface area (Å²) in [6.07, 6.45) is 0. The molecule has 1 saturated heterocycles. The molecule has 3 aromatic carbocycles. The third-order valence-electron chi connectivity index (χ3n) is 6.07. The second-order valence-electron chi connectivity index (χ2n) is 8.71. The number of ether oxygens (including phenoxy) is 2. The first-order chi connectivity index (χ1) is 18.0. The molecule has 0 bridgehead atoms. The number of hydrogen-bond acceptors (Lipinski definition) is 6. The van der Waals surface area contributed by atoms with Crippen LogP contribution < -0.4 is 14.4 Å². The Morgan fingerprint density at radius 2 is 1.59 bits per heavy atom. The van der Waals surface area contributed by atoms with Crippen LogP contribution in [-0.4, -0.2) is 58.7 Å². The van der Waals surface area contributed by atoms with Crippen LogP contribution >= 0.6 is 0 Å². The average molecular weight is 524 g/mol. The number of para-hydroxylation sites is 2. The highest BCUT2D eigenvalue weighted by molar-refractivity contribution is 7.92. The van der Waals surface area contributed by atoms with Gasteiger partial charge in [0.25, 0.3) is 10.0 Å². The summed E-state index contributed by atoms with van der Waals surface area (Å²) in [4.78, 5) is 15.5. The van der Waals surface area contributed by atoms with Crippen LogP contribution in [0.1, 0.15) is 18.1 Å². The molecule has 1 fully saturated rings. The zero-order chi connectivity index (χ0) is 26.1. The molecule has 0 unspecified atom stereocenters. The minimum absolute atomic E-state index is 0.102. The molecule has 1 N–H and O–H groups in total. The van der Waals surface area contributed by atoms with E-state index >= 15 is 0 Å². The minimum atomic E-state index is -4.01. The van der Waals surface area contributed by atoms with Gasteiger partial charge >= 0.3 is 0 Å². The Balaban J connectivity index is 1.46. The fourth-order valence-electron chi connectivity index (χ4n) is 4.13. The van der Waals surface area contributed by atoms with E-state index in [1.54, 1.807) is 42.5 Å². The summed E-state index contributed by atoms with van der Waals surface area (Å²) in [5.41, 5.74) is 2.45. The van der Waals surface area contributed by atoms with E-state index in [0.717, 1.165) is 42.7 Å². The van der Waals surface area contributed by atoms with Gasteiger partial charge in [0.1, 0.15) is 12.3 Å². The van der Waals surface area contributed by atoms with Gasteiger partial charge in [-0.3, -0.25) is 14.0 Å². The first-order valence-corrected chi connectivity index (χ1v) is 13.9. The highest BCUT2D eigenvalue weighted by Gasteiger charge is 2.29. The molecule has 1 amide bonds. The topological polar surface area (TPSA) is 88.2 Å². The van der Waals surface area contributed by atoms with Gasteiger partial charge in [-0.2, -0.15) is 0 Å². The average Bonchev–Trinajstić information content (AvgIpc) is 2.93. The lowest BCUT2D eigenvalue weighted by Gasteiger charge is -2.26. The molecule has 1 aliphatic heterocycles. The van der Waals surface area contributed by atoms with E-state index < -0.39 is 15.9 Å². The van der Waals surface area contributed by atoms with Crippen LogP contribution in [0.4, 0.5) is 5.69 Å². The van der Waals surface area contributed by atoms with Crippen molar-refractivity contribution in [1.82, 2.24) is 10.2 Å². The number of benzene rings is 3. The molecule has 9 heteroatoms. The number of anilines is 1. The maximum atomic E-state index is 13.6. The Morgan fingerprint density at radius 3 is 2.30 bits per heavy atom. The second-order valence-corrected chi connectivity index (χ2v) is 10.6. The number of amides is 1. The summed E-state index contributed by atoms with van der Waals surface area (Å²) in [6.45, 7) is 6.34. The molecule has 196 valence electrons. The van der Waals surface area contributed by atoms with E-state index in [4.69, 9.17) is 9.47 Å². The molecule has 4 rings (SSSR count). The number of nitrogens with one attached hydrogen (secondary N) is 1. The van der Waals surface area contributed by atoms with E-state index in [1.165, 1.54) is 17.7 Å². The van der Waals surface area contributed by atoms with Crippen molar-refractivity contribution >= 4 is 21.6 Å². The Labute approximate surface area is 218 Å². The predicted molar refractivity (Wildman–Crippen MR) is 143 cm³/mol. The number of morpholine rings is 1. The Bertz CT molecular complexity index is 1260. The highest BCUT2D eigenvalue weighted by Crippen LogP contribution is 2.32. The van der Waals surface area contributed by atoms with Crippen molar-refractivity contribution in [2.75, 3.05) is 43.8 Å². The quantitative estimate of drug-likeness (QED) is 0.414. The molecule has 0 aromatic heterocycles. The van der Waals surface area contributed by atoms with Crippen molar-refractivity contribution in [1.29, 1.82) is 0 Å². The molecule has 0 saturated carbocycles. The van der Waals surface area contributed by atoms with Gasteiger partial charge in [0.05, 0.1) is 30.4 Å². The monoisotopic (exact) mass is 523 g/mol. The molecular formula is C28H33N3O5S. The molecule has 0 radical (unpaired) electrons. The lowest BCUT2D eigenvalue weighted by Crippen LogP contribution is -2.40. The number of sulfonamides is 1. The van der Waals surface area contributed by atoms with Crippen LogP contribution in [0.15, 0.2) is 83.8 Å². The van der Waals surface area contributed by atoms with E-state index in [9.17, 15) is 13.2 Å². The van der Waals surface area contributed by atoms with Gasteiger partial charge in [-0.05, 0) is 42.3 Å². The summed E-state index contributed by atoms with van der Waals surface area (Å²) >= 11 is 0. The van der Waals surface area contributed by atoms with Crippen LogP contribution in [-0.2, 0) is 32.6 Å². The molecule has 0 aliphatic carbocycles. The molecule has 1 aliphatic rings. The van der Waals surface area contributed by atoms with Crippen LogP contribution in [0.2, 0.25) is 0 Å². The zero-order valence-corrected chi connectivity index (χ0v) is 21.8.